The molecule has 1 N–H and O–H groups in total. The normalized spacial score (nSPS) is 18.9. The fourth-order valence-electron chi connectivity index (χ4n) is 3.60. The second-order valence-corrected chi connectivity index (χ2v) is 10.2. The summed E-state index contributed by atoms with van der Waals surface area (Å²) < 4.78 is 28.0. The number of sulfonamides is 1. The van der Waals surface area contributed by atoms with Gasteiger partial charge in [0.2, 0.25) is 21.8 Å². The van der Waals surface area contributed by atoms with E-state index in [4.69, 9.17) is 0 Å². The zero-order chi connectivity index (χ0) is 20.9. The van der Waals surface area contributed by atoms with Gasteiger partial charge in [-0.2, -0.15) is 16.5 Å². The summed E-state index contributed by atoms with van der Waals surface area (Å²) in [6, 6.07) is 7.30. The first-order valence-corrected chi connectivity index (χ1v) is 12.9. The molecule has 1 saturated carbocycles. The Labute approximate surface area is 177 Å². The van der Waals surface area contributed by atoms with E-state index in [1.165, 1.54) is 12.1 Å². The summed E-state index contributed by atoms with van der Waals surface area (Å²) in [5, 5.41) is 0. The van der Waals surface area contributed by atoms with Crippen LogP contribution in [0.1, 0.15) is 25.7 Å². The second kappa shape index (κ2) is 9.95. The summed E-state index contributed by atoms with van der Waals surface area (Å²) in [6.07, 6.45) is 5.41. The van der Waals surface area contributed by atoms with Crippen molar-refractivity contribution in [1.82, 2.24) is 14.5 Å². The summed E-state index contributed by atoms with van der Waals surface area (Å²) >= 11 is 1.57. The quantitative estimate of drug-likeness (QED) is 0.664. The number of hydrogen-bond acceptors (Lipinski definition) is 5. The third kappa shape index (κ3) is 5.52. The lowest BCUT2D eigenvalue weighted by Gasteiger charge is -2.39. The maximum Gasteiger partial charge on any atom is 0.241 e. The average molecular weight is 440 g/mol. The zero-order valence-corrected chi connectivity index (χ0v) is 18.4. The Hall–Kier alpha value is -1.58. The molecule has 1 saturated heterocycles. The van der Waals surface area contributed by atoms with E-state index in [-0.39, 0.29) is 22.6 Å². The van der Waals surface area contributed by atoms with Crippen LogP contribution in [0.3, 0.4) is 0 Å². The van der Waals surface area contributed by atoms with Crippen LogP contribution in [0.5, 0.6) is 0 Å². The van der Waals surface area contributed by atoms with E-state index < -0.39 is 16.1 Å². The summed E-state index contributed by atoms with van der Waals surface area (Å²) in [7, 11) is -3.78. The van der Waals surface area contributed by atoms with Crippen molar-refractivity contribution >= 4 is 33.6 Å². The number of carbonyl (C=O) groups is 2. The summed E-state index contributed by atoms with van der Waals surface area (Å²) in [4.78, 5) is 29.2. The molecule has 3 rings (SSSR count). The van der Waals surface area contributed by atoms with Gasteiger partial charge in [-0.05, 0) is 43.4 Å². The molecule has 0 radical (unpaired) electrons. The van der Waals surface area contributed by atoms with Crippen molar-refractivity contribution in [3.8, 4) is 0 Å². The number of carbonyl (C=O) groups excluding carboxylic acids is 2. The Morgan fingerprint density at radius 2 is 1.72 bits per heavy atom. The molecule has 7 nitrogen and oxygen atoms in total. The van der Waals surface area contributed by atoms with Crippen molar-refractivity contribution in [3.63, 3.8) is 0 Å². The molecule has 1 aromatic rings. The highest BCUT2D eigenvalue weighted by Gasteiger charge is 2.34. The fraction of sp³-hybridized carbons (Fsp3) is 0.600. The van der Waals surface area contributed by atoms with Gasteiger partial charge in [0.1, 0.15) is 6.04 Å². The van der Waals surface area contributed by atoms with Crippen molar-refractivity contribution in [2.75, 3.05) is 38.2 Å². The molecule has 0 spiro atoms. The molecule has 0 aromatic heterocycles. The maximum absolute atomic E-state index is 13.1. The predicted molar refractivity (Wildman–Crippen MR) is 114 cm³/mol. The molecule has 9 heteroatoms. The number of thioether (sulfide) groups is 1. The Bertz CT molecular complexity index is 804. The highest BCUT2D eigenvalue weighted by atomic mass is 32.2. The minimum absolute atomic E-state index is 0.151. The Morgan fingerprint density at radius 3 is 2.28 bits per heavy atom. The molecule has 2 amide bonds. The maximum atomic E-state index is 13.1. The topological polar surface area (TPSA) is 86.8 Å². The molecular weight excluding hydrogens is 410 g/mol. The molecule has 1 aliphatic carbocycles. The van der Waals surface area contributed by atoms with E-state index >= 15 is 0 Å². The first kappa shape index (κ1) is 22.1. The minimum Gasteiger partial charge on any atom is -0.339 e. The van der Waals surface area contributed by atoms with Crippen LogP contribution >= 0.6 is 11.8 Å². The number of rotatable bonds is 8. The van der Waals surface area contributed by atoms with Crippen molar-refractivity contribution < 1.29 is 18.0 Å². The second-order valence-electron chi connectivity index (χ2n) is 7.55. The van der Waals surface area contributed by atoms with Gasteiger partial charge >= 0.3 is 0 Å². The third-order valence-corrected chi connectivity index (χ3v) is 7.75. The average Bonchev–Trinajstić information content (AvgIpc) is 2.70. The number of nitrogens with zero attached hydrogens (tertiary/aromatic N) is 2. The highest BCUT2D eigenvalue weighted by Crippen LogP contribution is 2.28. The van der Waals surface area contributed by atoms with Gasteiger partial charge in [0.15, 0.2) is 0 Å². The van der Waals surface area contributed by atoms with E-state index in [2.05, 4.69) is 4.72 Å². The standard InChI is InChI=1S/C20H29N3O4S2/c1-28-15-10-18(21-29(26,27)17-8-3-2-4-9-17)20(25)23-13-11-22(12-14-23)19(24)16-6-5-7-16/h2-4,8-9,16,18,21H,5-7,10-15H2,1H3. The number of amides is 2. The van der Waals surface area contributed by atoms with Crippen LogP contribution in [-0.4, -0.2) is 74.3 Å². The van der Waals surface area contributed by atoms with Gasteiger partial charge in [0.05, 0.1) is 4.90 Å². The van der Waals surface area contributed by atoms with E-state index in [1.807, 2.05) is 11.2 Å². The van der Waals surface area contributed by atoms with Gasteiger partial charge in [-0.25, -0.2) is 8.42 Å². The highest BCUT2D eigenvalue weighted by molar-refractivity contribution is 7.98. The molecule has 2 aliphatic rings. The molecule has 29 heavy (non-hydrogen) atoms. The van der Waals surface area contributed by atoms with Gasteiger partial charge < -0.3 is 9.80 Å². The van der Waals surface area contributed by atoms with Crippen LogP contribution in [0, 0.1) is 5.92 Å². The van der Waals surface area contributed by atoms with Crippen LogP contribution < -0.4 is 4.72 Å². The Kier molecular flexibility index (Phi) is 7.59. The number of benzene rings is 1. The summed E-state index contributed by atoms with van der Waals surface area (Å²) in [5.74, 6) is 0.819. The van der Waals surface area contributed by atoms with Crippen molar-refractivity contribution in [2.24, 2.45) is 5.92 Å². The molecule has 2 fully saturated rings. The summed E-state index contributed by atoms with van der Waals surface area (Å²) in [6.45, 7) is 1.92. The van der Waals surface area contributed by atoms with Crippen LogP contribution in [0.15, 0.2) is 35.2 Å². The Balaban J connectivity index is 1.62. The predicted octanol–water partition coefficient (Wildman–Crippen LogP) is 1.56. The van der Waals surface area contributed by atoms with Gasteiger partial charge in [-0.3, -0.25) is 9.59 Å². The van der Waals surface area contributed by atoms with Gasteiger partial charge in [0, 0.05) is 32.1 Å². The smallest absolute Gasteiger partial charge is 0.241 e. The first-order valence-electron chi connectivity index (χ1n) is 10.1. The molecule has 1 atom stereocenters. The molecular formula is C20H29N3O4S2. The lowest BCUT2D eigenvalue weighted by atomic mass is 9.84. The molecule has 0 bridgehead atoms. The van der Waals surface area contributed by atoms with E-state index in [0.29, 0.717) is 38.4 Å². The monoisotopic (exact) mass is 439 g/mol. The van der Waals surface area contributed by atoms with Crippen LogP contribution in [0.2, 0.25) is 0 Å². The number of piperazine rings is 1. The Morgan fingerprint density at radius 1 is 1.10 bits per heavy atom. The van der Waals surface area contributed by atoms with Gasteiger partial charge in [0.25, 0.3) is 0 Å². The number of hydrogen-bond donors (Lipinski definition) is 1. The third-order valence-electron chi connectivity index (χ3n) is 5.62. The van der Waals surface area contributed by atoms with Crippen LogP contribution in [0.4, 0.5) is 0 Å². The van der Waals surface area contributed by atoms with Crippen LogP contribution in [0.25, 0.3) is 0 Å². The molecule has 1 aromatic carbocycles. The first-order chi connectivity index (χ1) is 13.9. The van der Waals surface area contributed by atoms with E-state index in [1.54, 1.807) is 34.9 Å². The summed E-state index contributed by atoms with van der Waals surface area (Å²) in [5.41, 5.74) is 0. The zero-order valence-electron chi connectivity index (χ0n) is 16.7. The minimum atomic E-state index is -3.78. The van der Waals surface area contributed by atoms with Crippen molar-refractivity contribution in [3.05, 3.63) is 30.3 Å². The molecule has 1 heterocycles. The lowest BCUT2D eigenvalue weighted by Crippen LogP contribution is -2.56. The number of nitrogens with one attached hydrogen (secondary N) is 1. The van der Waals surface area contributed by atoms with Gasteiger partial charge in [-0.15, -0.1) is 0 Å². The molecule has 160 valence electrons. The van der Waals surface area contributed by atoms with E-state index in [9.17, 15) is 18.0 Å². The molecule has 1 unspecified atom stereocenters. The largest absolute Gasteiger partial charge is 0.339 e. The fourth-order valence-corrected chi connectivity index (χ4v) is 5.32. The lowest BCUT2D eigenvalue weighted by molar-refractivity contribution is -0.144. The SMILES string of the molecule is CSCCC(NS(=O)(=O)c1ccccc1)C(=O)N1CCN(C(=O)C2CCC2)CC1. The van der Waals surface area contributed by atoms with Crippen molar-refractivity contribution in [2.45, 2.75) is 36.6 Å². The van der Waals surface area contributed by atoms with Crippen molar-refractivity contribution in [1.29, 1.82) is 0 Å². The molecule has 1 aliphatic heterocycles. The van der Waals surface area contributed by atoms with Crippen LogP contribution in [-0.2, 0) is 19.6 Å². The van der Waals surface area contributed by atoms with E-state index in [0.717, 1.165) is 19.3 Å². The van der Waals surface area contributed by atoms with Gasteiger partial charge in [-0.1, -0.05) is 24.6 Å².